The van der Waals surface area contributed by atoms with Crippen molar-refractivity contribution >= 4 is 11.8 Å². The molecule has 0 bridgehead atoms. The highest BCUT2D eigenvalue weighted by atomic mass is 32.2. The highest BCUT2D eigenvalue weighted by molar-refractivity contribution is 7.98. The van der Waals surface area contributed by atoms with Gasteiger partial charge in [0.05, 0.1) is 12.7 Å². The Balaban J connectivity index is 1.98. The summed E-state index contributed by atoms with van der Waals surface area (Å²) < 4.78 is 5.63. The summed E-state index contributed by atoms with van der Waals surface area (Å²) in [5.41, 5.74) is 1.27. The molecule has 1 aliphatic heterocycles. The predicted octanol–water partition coefficient (Wildman–Crippen LogP) is 3.06. The standard InChI is InChI=1S/C14H20O2S/c1-17-9-7-12(15)10-11-6-8-16-14-5-3-2-4-13(11)14/h2-5,11-12,15H,6-10H2,1H3. The fourth-order valence-electron chi connectivity index (χ4n) is 2.36. The molecule has 0 spiro atoms. The van der Waals surface area contributed by atoms with Crippen LogP contribution in [0.3, 0.4) is 0 Å². The minimum absolute atomic E-state index is 0.182. The third kappa shape index (κ3) is 3.39. The maximum Gasteiger partial charge on any atom is 0.122 e. The molecule has 1 aromatic carbocycles. The minimum Gasteiger partial charge on any atom is -0.493 e. The van der Waals surface area contributed by atoms with Crippen molar-refractivity contribution in [1.82, 2.24) is 0 Å². The Kier molecular flexibility index (Phi) is 4.75. The maximum absolute atomic E-state index is 10.0. The molecule has 0 saturated carbocycles. The van der Waals surface area contributed by atoms with Gasteiger partial charge in [-0.3, -0.25) is 0 Å². The lowest BCUT2D eigenvalue weighted by molar-refractivity contribution is 0.141. The summed E-state index contributed by atoms with van der Waals surface area (Å²) in [5.74, 6) is 2.49. The van der Waals surface area contributed by atoms with Crippen LogP contribution in [0.15, 0.2) is 24.3 Å². The smallest absolute Gasteiger partial charge is 0.122 e. The molecule has 2 unspecified atom stereocenters. The van der Waals surface area contributed by atoms with Gasteiger partial charge < -0.3 is 9.84 Å². The van der Waals surface area contributed by atoms with Gasteiger partial charge >= 0.3 is 0 Å². The Morgan fingerprint density at radius 1 is 1.47 bits per heavy atom. The number of aliphatic hydroxyl groups excluding tert-OH is 1. The Labute approximate surface area is 107 Å². The van der Waals surface area contributed by atoms with Gasteiger partial charge in [-0.2, -0.15) is 11.8 Å². The second-order valence-corrected chi connectivity index (χ2v) is 5.53. The molecule has 0 fully saturated rings. The third-order valence-electron chi connectivity index (χ3n) is 3.29. The van der Waals surface area contributed by atoms with Gasteiger partial charge in [0, 0.05) is 0 Å². The van der Waals surface area contributed by atoms with Crippen molar-refractivity contribution < 1.29 is 9.84 Å². The van der Waals surface area contributed by atoms with Crippen LogP contribution in [-0.4, -0.2) is 29.8 Å². The van der Waals surface area contributed by atoms with Gasteiger partial charge in [-0.05, 0) is 48.8 Å². The zero-order chi connectivity index (χ0) is 12.1. The first-order chi connectivity index (χ1) is 8.31. The van der Waals surface area contributed by atoms with Gasteiger partial charge in [-0.25, -0.2) is 0 Å². The molecule has 0 aliphatic carbocycles. The molecule has 94 valence electrons. The molecule has 2 atom stereocenters. The van der Waals surface area contributed by atoms with Gasteiger partial charge in [0.2, 0.25) is 0 Å². The highest BCUT2D eigenvalue weighted by Crippen LogP contribution is 2.36. The largest absolute Gasteiger partial charge is 0.493 e. The van der Waals surface area contributed by atoms with E-state index < -0.39 is 0 Å². The van der Waals surface area contributed by atoms with Crippen molar-refractivity contribution in [3.8, 4) is 5.75 Å². The molecule has 1 aromatic rings. The van der Waals surface area contributed by atoms with Crippen molar-refractivity contribution in [2.45, 2.75) is 31.3 Å². The molecule has 1 heterocycles. The van der Waals surface area contributed by atoms with Crippen LogP contribution in [0, 0.1) is 0 Å². The molecule has 0 aromatic heterocycles. The maximum atomic E-state index is 10.0. The SMILES string of the molecule is CSCCC(O)CC1CCOc2ccccc21. The molecule has 17 heavy (non-hydrogen) atoms. The van der Waals surface area contributed by atoms with Gasteiger partial charge in [0.15, 0.2) is 0 Å². The molecule has 2 nitrogen and oxygen atoms in total. The Bertz CT molecular complexity index is 354. The van der Waals surface area contributed by atoms with E-state index in [1.54, 1.807) is 11.8 Å². The first kappa shape index (κ1) is 12.8. The van der Waals surface area contributed by atoms with E-state index in [2.05, 4.69) is 18.4 Å². The van der Waals surface area contributed by atoms with E-state index in [-0.39, 0.29) is 6.10 Å². The molecule has 2 rings (SSSR count). The number of rotatable bonds is 5. The number of para-hydroxylation sites is 1. The second kappa shape index (κ2) is 6.31. The molecule has 1 aliphatic rings. The molecule has 0 amide bonds. The van der Waals surface area contributed by atoms with Crippen LogP contribution in [-0.2, 0) is 0 Å². The van der Waals surface area contributed by atoms with Crippen LogP contribution in [0.1, 0.15) is 30.7 Å². The van der Waals surface area contributed by atoms with Crippen molar-refractivity contribution in [2.75, 3.05) is 18.6 Å². The van der Waals surface area contributed by atoms with E-state index in [1.165, 1.54) is 5.56 Å². The molecular formula is C14H20O2S. The van der Waals surface area contributed by atoms with E-state index in [1.807, 2.05) is 12.1 Å². The van der Waals surface area contributed by atoms with E-state index in [0.29, 0.717) is 5.92 Å². The molecular weight excluding hydrogens is 232 g/mol. The Morgan fingerprint density at radius 3 is 3.12 bits per heavy atom. The van der Waals surface area contributed by atoms with Gasteiger partial charge in [0.25, 0.3) is 0 Å². The van der Waals surface area contributed by atoms with Gasteiger partial charge in [0.1, 0.15) is 5.75 Å². The van der Waals surface area contributed by atoms with Crippen molar-refractivity contribution in [3.05, 3.63) is 29.8 Å². The van der Waals surface area contributed by atoms with Crippen LogP contribution >= 0.6 is 11.8 Å². The summed E-state index contributed by atoms with van der Waals surface area (Å²) >= 11 is 1.79. The zero-order valence-electron chi connectivity index (χ0n) is 10.3. The average molecular weight is 252 g/mol. The number of hydrogen-bond donors (Lipinski definition) is 1. The second-order valence-electron chi connectivity index (χ2n) is 4.54. The fourth-order valence-corrected chi connectivity index (χ4v) is 2.87. The van der Waals surface area contributed by atoms with E-state index in [0.717, 1.165) is 37.4 Å². The quantitative estimate of drug-likeness (QED) is 0.873. The topological polar surface area (TPSA) is 29.5 Å². The molecule has 3 heteroatoms. The summed E-state index contributed by atoms with van der Waals surface area (Å²) in [6.45, 7) is 0.775. The lowest BCUT2D eigenvalue weighted by atomic mass is 9.88. The lowest BCUT2D eigenvalue weighted by Gasteiger charge is -2.27. The van der Waals surface area contributed by atoms with Crippen molar-refractivity contribution in [3.63, 3.8) is 0 Å². The van der Waals surface area contributed by atoms with Crippen LogP contribution in [0.4, 0.5) is 0 Å². The van der Waals surface area contributed by atoms with Crippen LogP contribution in [0.5, 0.6) is 5.75 Å². The van der Waals surface area contributed by atoms with Gasteiger partial charge in [-0.15, -0.1) is 0 Å². The van der Waals surface area contributed by atoms with E-state index in [4.69, 9.17) is 4.74 Å². The monoisotopic (exact) mass is 252 g/mol. The minimum atomic E-state index is -0.182. The lowest BCUT2D eigenvalue weighted by Crippen LogP contribution is -2.19. The Morgan fingerprint density at radius 2 is 2.29 bits per heavy atom. The van der Waals surface area contributed by atoms with E-state index >= 15 is 0 Å². The van der Waals surface area contributed by atoms with Crippen LogP contribution in [0.25, 0.3) is 0 Å². The third-order valence-corrected chi connectivity index (χ3v) is 3.94. The van der Waals surface area contributed by atoms with Crippen molar-refractivity contribution in [2.24, 2.45) is 0 Å². The molecule has 0 radical (unpaired) electrons. The number of aliphatic hydroxyl groups is 1. The summed E-state index contributed by atoms with van der Waals surface area (Å²) in [4.78, 5) is 0. The summed E-state index contributed by atoms with van der Waals surface area (Å²) in [7, 11) is 0. The fraction of sp³-hybridized carbons (Fsp3) is 0.571. The normalized spacial score (nSPS) is 20.5. The summed E-state index contributed by atoms with van der Waals surface area (Å²) in [6.07, 6.45) is 4.67. The van der Waals surface area contributed by atoms with Crippen LogP contribution in [0.2, 0.25) is 0 Å². The first-order valence-electron chi connectivity index (χ1n) is 6.20. The van der Waals surface area contributed by atoms with Gasteiger partial charge in [-0.1, -0.05) is 18.2 Å². The summed E-state index contributed by atoms with van der Waals surface area (Å²) in [5, 5.41) is 10.0. The summed E-state index contributed by atoms with van der Waals surface area (Å²) in [6, 6.07) is 8.20. The van der Waals surface area contributed by atoms with Crippen LogP contribution < -0.4 is 4.74 Å². The molecule has 0 saturated heterocycles. The first-order valence-corrected chi connectivity index (χ1v) is 7.59. The Hall–Kier alpha value is -0.670. The highest BCUT2D eigenvalue weighted by Gasteiger charge is 2.23. The number of benzene rings is 1. The van der Waals surface area contributed by atoms with Crippen molar-refractivity contribution in [1.29, 1.82) is 0 Å². The number of fused-ring (bicyclic) bond motifs is 1. The molecule has 1 N–H and O–H groups in total. The average Bonchev–Trinajstić information content (AvgIpc) is 2.37. The predicted molar refractivity (Wildman–Crippen MR) is 72.9 cm³/mol. The number of ether oxygens (including phenoxy) is 1. The van der Waals surface area contributed by atoms with E-state index in [9.17, 15) is 5.11 Å². The number of hydrogen-bond acceptors (Lipinski definition) is 3. The zero-order valence-corrected chi connectivity index (χ0v) is 11.1. The number of thioether (sulfide) groups is 1.